The molecule has 1 saturated heterocycles. The van der Waals surface area contributed by atoms with Crippen molar-refractivity contribution >= 4 is 5.91 Å². The van der Waals surface area contributed by atoms with Crippen molar-refractivity contribution in [1.82, 2.24) is 25.3 Å². The Morgan fingerprint density at radius 3 is 2.57 bits per heavy atom. The summed E-state index contributed by atoms with van der Waals surface area (Å²) in [4.78, 5) is 21.7. The highest BCUT2D eigenvalue weighted by Gasteiger charge is 2.34. The lowest BCUT2D eigenvalue weighted by Gasteiger charge is -2.38. The first-order chi connectivity index (χ1) is 13.6. The van der Waals surface area contributed by atoms with Crippen LogP contribution in [-0.4, -0.2) is 58.1 Å². The van der Waals surface area contributed by atoms with Gasteiger partial charge in [0.25, 0.3) is 0 Å². The average molecular weight is 387 g/mol. The zero-order chi connectivity index (χ0) is 19.5. The van der Waals surface area contributed by atoms with Crippen LogP contribution in [0, 0.1) is 5.82 Å². The van der Waals surface area contributed by atoms with Crippen LogP contribution in [0.4, 0.5) is 4.39 Å². The molecule has 1 N–H and O–H groups in total. The molecule has 1 aromatic heterocycles. The maximum absolute atomic E-state index is 13.4. The third-order valence-electron chi connectivity index (χ3n) is 5.31. The van der Waals surface area contributed by atoms with Gasteiger partial charge < -0.3 is 9.84 Å². The molecule has 1 aliphatic heterocycles. The fourth-order valence-corrected chi connectivity index (χ4v) is 3.56. The van der Waals surface area contributed by atoms with E-state index in [1.807, 2.05) is 6.92 Å². The van der Waals surface area contributed by atoms with Gasteiger partial charge in [-0.25, -0.2) is 4.39 Å². The van der Waals surface area contributed by atoms with Gasteiger partial charge in [0.15, 0.2) is 5.82 Å². The van der Waals surface area contributed by atoms with Gasteiger partial charge in [-0.05, 0) is 30.5 Å². The van der Waals surface area contributed by atoms with E-state index in [0.717, 1.165) is 51.0 Å². The van der Waals surface area contributed by atoms with Crippen molar-refractivity contribution in [1.29, 1.82) is 0 Å². The minimum atomic E-state index is -0.389. The molecule has 1 unspecified atom stereocenters. The van der Waals surface area contributed by atoms with Gasteiger partial charge in [-0.15, -0.1) is 0 Å². The Labute approximate surface area is 163 Å². The first-order valence-electron chi connectivity index (χ1n) is 9.96. The summed E-state index contributed by atoms with van der Waals surface area (Å²) in [5, 5.41) is 7.12. The lowest BCUT2D eigenvalue weighted by molar-refractivity contribution is -0.127. The molecule has 2 aromatic rings. The molecule has 0 radical (unpaired) electrons. The van der Waals surface area contributed by atoms with Crippen molar-refractivity contribution in [3.8, 4) is 0 Å². The minimum Gasteiger partial charge on any atom is -0.352 e. The Bertz CT molecular complexity index is 797. The Hall–Kier alpha value is -2.32. The van der Waals surface area contributed by atoms with E-state index in [2.05, 4.69) is 25.3 Å². The summed E-state index contributed by atoms with van der Waals surface area (Å²) >= 11 is 0. The first kappa shape index (κ1) is 19.0. The Kier molecular flexibility index (Phi) is 5.68. The third kappa shape index (κ3) is 4.56. The number of carbonyl (C=O) groups excluding carboxylic acids is 1. The van der Waals surface area contributed by atoms with Crippen molar-refractivity contribution in [3.63, 3.8) is 0 Å². The Morgan fingerprint density at radius 1 is 1.25 bits per heavy atom. The molecule has 0 spiro atoms. The van der Waals surface area contributed by atoms with Crippen LogP contribution in [0.15, 0.2) is 28.8 Å². The average Bonchev–Trinajstić information content (AvgIpc) is 3.40. The van der Waals surface area contributed by atoms with E-state index in [4.69, 9.17) is 4.52 Å². The van der Waals surface area contributed by atoms with Crippen LogP contribution < -0.4 is 5.32 Å². The summed E-state index contributed by atoms with van der Waals surface area (Å²) in [6, 6.07) is 6.17. The highest BCUT2D eigenvalue weighted by molar-refractivity contribution is 5.83. The zero-order valence-electron chi connectivity index (χ0n) is 16.1. The van der Waals surface area contributed by atoms with E-state index < -0.39 is 0 Å². The lowest BCUT2D eigenvalue weighted by atomic mass is 10.0. The smallest absolute Gasteiger partial charge is 0.242 e. The molecule has 2 aliphatic rings. The molecule has 2 fully saturated rings. The zero-order valence-corrected chi connectivity index (χ0v) is 16.1. The van der Waals surface area contributed by atoms with Gasteiger partial charge in [-0.1, -0.05) is 24.2 Å². The van der Waals surface area contributed by atoms with Gasteiger partial charge in [0.1, 0.15) is 11.9 Å². The molecule has 1 aromatic carbocycles. The standard InChI is InChI=1S/C20H26FN5O2/c1-2-18-23-17(24-28-18)13-25-9-11-26(12-10-25)19(20(27)22-16-7-8-16)14-3-5-15(21)6-4-14/h3-6,16,19H,2,7-13H2,1H3,(H,22,27). The number of piperazine rings is 1. The molecular formula is C20H26FN5O2. The minimum absolute atomic E-state index is 0.00770. The van der Waals surface area contributed by atoms with Crippen LogP contribution in [0.25, 0.3) is 0 Å². The van der Waals surface area contributed by atoms with E-state index in [1.165, 1.54) is 12.1 Å². The molecule has 7 nitrogen and oxygen atoms in total. The number of rotatable bonds is 7. The molecule has 0 bridgehead atoms. The number of hydrogen-bond acceptors (Lipinski definition) is 6. The SMILES string of the molecule is CCc1nc(CN2CCN(C(C(=O)NC3CC3)c3ccc(F)cc3)CC2)no1. The number of nitrogens with one attached hydrogen (secondary N) is 1. The van der Waals surface area contributed by atoms with Gasteiger partial charge >= 0.3 is 0 Å². The number of aromatic nitrogens is 2. The van der Waals surface area contributed by atoms with Gasteiger partial charge in [-0.2, -0.15) is 4.98 Å². The highest BCUT2D eigenvalue weighted by Crippen LogP contribution is 2.26. The maximum Gasteiger partial charge on any atom is 0.242 e. The molecule has 4 rings (SSSR count). The number of carbonyl (C=O) groups is 1. The maximum atomic E-state index is 13.4. The molecule has 1 atom stereocenters. The van der Waals surface area contributed by atoms with Crippen LogP contribution in [-0.2, 0) is 17.8 Å². The summed E-state index contributed by atoms with van der Waals surface area (Å²) < 4.78 is 18.5. The highest BCUT2D eigenvalue weighted by atomic mass is 19.1. The second-order valence-corrected chi connectivity index (χ2v) is 7.51. The summed E-state index contributed by atoms with van der Waals surface area (Å²) in [5.74, 6) is 1.07. The van der Waals surface area contributed by atoms with Crippen molar-refractivity contribution in [2.24, 2.45) is 0 Å². The van der Waals surface area contributed by atoms with Crippen LogP contribution in [0.2, 0.25) is 0 Å². The number of halogens is 1. The summed E-state index contributed by atoms with van der Waals surface area (Å²) in [7, 11) is 0. The molecule has 1 saturated carbocycles. The third-order valence-corrected chi connectivity index (χ3v) is 5.31. The fraction of sp³-hybridized carbons (Fsp3) is 0.550. The van der Waals surface area contributed by atoms with E-state index in [0.29, 0.717) is 24.3 Å². The predicted molar refractivity (Wildman–Crippen MR) is 101 cm³/mol. The fourth-order valence-electron chi connectivity index (χ4n) is 3.56. The summed E-state index contributed by atoms with van der Waals surface area (Å²) in [5.41, 5.74) is 0.832. The van der Waals surface area contributed by atoms with E-state index in [1.54, 1.807) is 12.1 Å². The molecule has 2 heterocycles. The number of amides is 1. The molecule has 1 amide bonds. The normalized spacial score (nSPS) is 19.5. The number of hydrogen-bond donors (Lipinski definition) is 1. The van der Waals surface area contributed by atoms with Crippen molar-refractivity contribution < 1.29 is 13.7 Å². The Morgan fingerprint density at radius 2 is 1.96 bits per heavy atom. The molecule has 1 aliphatic carbocycles. The Balaban J connectivity index is 1.41. The topological polar surface area (TPSA) is 74.5 Å². The van der Waals surface area contributed by atoms with Crippen molar-refractivity contribution in [3.05, 3.63) is 47.4 Å². The molecule has 150 valence electrons. The van der Waals surface area contributed by atoms with E-state index in [9.17, 15) is 9.18 Å². The number of aryl methyl sites for hydroxylation is 1. The molecule has 28 heavy (non-hydrogen) atoms. The van der Waals surface area contributed by atoms with E-state index in [-0.39, 0.29) is 17.8 Å². The van der Waals surface area contributed by atoms with Crippen LogP contribution in [0.1, 0.15) is 43.1 Å². The largest absolute Gasteiger partial charge is 0.352 e. The van der Waals surface area contributed by atoms with Crippen LogP contribution in [0.5, 0.6) is 0 Å². The monoisotopic (exact) mass is 387 g/mol. The van der Waals surface area contributed by atoms with Gasteiger partial charge in [0.05, 0.1) is 6.54 Å². The van der Waals surface area contributed by atoms with Crippen molar-refractivity contribution in [2.75, 3.05) is 26.2 Å². The lowest BCUT2D eigenvalue weighted by Crippen LogP contribution is -2.51. The predicted octanol–water partition coefficient (Wildman–Crippen LogP) is 1.91. The van der Waals surface area contributed by atoms with Gasteiger partial charge in [0, 0.05) is 38.6 Å². The number of benzene rings is 1. The second kappa shape index (κ2) is 8.36. The van der Waals surface area contributed by atoms with Crippen molar-refractivity contribution in [2.45, 2.75) is 44.8 Å². The molecule has 8 heteroatoms. The van der Waals surface area contributed by atoms with Gasteiger partial charge in [-0.3, -0.25) is 14.6 Å². The molecular weight excluding hydrogens is 361 g/mol. The summed E-state index contributed by atoms with van der Waals surface area (Å²) in [6.45, 7) is 5.75. The summed E-state index contributed by atoms with van der Waals surface area (Å²) in [6.07, 6.45) is 2.82. The van der Waals surface area contributed by atoms with E-state index >= 15 is 0 Å². The second-order valence-electron chi connectivity index (χ2n) is 7.51. The first-order valence-corrected chi connectivity index (χ1v) is 9.96. The number of nitrogens with zero attached hydrogens (tertiary/aromatic N) is 4. The van der Waals surface area contributed by atoms with Crippen LogP contribution in [0.3, 0.4) is 0 Å². The van der Waals surface area contributed by atoms with Gasteiger partial charge in [0.2, 0.25) is 11.8 Å². The quantitative estimate of drug-likeness (QED) is 0.782. The van der Waals surface area contributed by atoms with Crippen LogP contribution >= 0.6 is 0 Å².